The fraction of sp³-hybridized carbons (Fsp3) is 0.615. The van der Waals surface area contributed by atoms with Gasteiger partial charge in [0, 0.05) is 14.2 Å². The predicted octanol–water partition coefficient (Wildman–Crippen LogP) is -0.418. The second-order valence-electron chi connectivity index (χ2n) is 23.9. The van der Waals surface area contributed by atoms with Gasteiger partial charge in [0.15, 0.2) is 70.2 Å². The highest BCUT2D eigenvalue weighted by Gasteiger charge is 2.70. The van der Waals surface area contributed by atoms with E-state index in [2.05, 4.69) is 59.8 Å². The number of nitrogen functional groups attached to an aromatic ring is 3. The summed E-state index contributed by atoms with van der Waals surface area (Å²) in [4.78, 5) is 111. The van der Waals surface area contributed by atoms with E-state index in [1.54, 1.807) is 20.8 Å². The van der Waals surface area contributed by atoms with Crippen molar-refractivity contribution < 1.29 is 94.3 Å². The summed E-state index contributed by atoms with van der Waals surface area (Å²) in [5.41, 5.74) is 14.8. The number of aromatic amines is 2. The molecule has 0 spiro atoms. The van der Waals surface area contributed by atoms with Crippen LogP contribution in [-0.4, -0.2) is 243 Å². The third-order valence-corrected chi connectivity index (χ3v) is 22.7. The molecule has 99 heavy (non-hydrogen) atoms. The van der Waals surface area contributed by atoms with Crippen molar-refractivity contribution in [2.24, 2.45) is 0 Å². The largest absolute Gasteiger partial charge is 0.387 e. The van der Waals surface area contributed by atoms with E-state index in [-0.39, 0.29) is 95.1 Å². The molecule has 6 saturated heterocycles. The molecule has 8 aromatic heterocycles. The number of nitrogens with zero attached hydrogens (tertiary/aromatic N) is 14. The van der Waals surface area contributed by atoms with Crippen molar-refractivity contribution in [2.45, 2.75) is 143 Å². The second kappa shape index (κ2) is 27.2. The van der Waals surface area contributed by atoms with Crippen LogP contribution in [0.25, 0.3) is 44.7 Å². The maximum Gasteiger partial charge on any atom is 0.325 e. The molecule has 0 amide bonds. The van der Waals surface area contributed by atoms with Gasteiger partial charge in [-0.05, 0) is 62.6 Å². The Morgan fingerprint density at radius 1 is 0.566 bits per heavy atom. The summed E-state index contributed by atoms with van der Waals surface area (Å²) in [5.74, 6) is 0.204. The lowest BCUT2D eigenvalue weighted by Crippen LogP contribution is -2.50. The summed E-state index contributed by atoms with van der Waals surface area (Å²) in [6.45, 7) is -8.98. The van der Waals surface area contributed by atoms with Gasteiger partial charge < -0.3 is 103 Å². The first-order chi connectivity index (χ1) is 47.3. The van der Waals surface area contributed by atoms with Crippen LogP contribution in [0.15, 0.2) is 47.6 Å². The van der Waals surface area contributed by atoms with Gasteiger partial charge in [-0.25, -0.2) is 44.9 Å². The lowest BCUT2D eigenvalue weighted by molar-refractivity contribution is -0.215. The lowest BCUT2D eigenvalue weighted by atomic mass is 9.94. The number of ether oxygens (including phenoxy) is 10. The van der Waals surface area contributed by atoms with Crippen molar-refractivity contribution in [2.75, 3.05) is 77.7 Å². The van der Waals surface area contributed by atoms with Crippen molar-refractivity contribution in [3.63, 3.8) is 0 Å². The van der Waals surface area contributed by atoms with Crippen LogP contribution in [-0.2, 0) is 110 Å². The van der Waals surface area contributed by atoms with Crippen LogP contribution >= 0.6 is 20.2 Å². The first kappa shape index (κ1) is 70.4. The standard InChI is InChI=1S/C52H68N19O22P3S3/c1-7-24-30(32(80-10-8-78-5)47(87-24)70-19-62-29-43(70)66-50(55)67-45(29)74)91-96(77,99)84-14-52-22(3)86-35(49(90-52)69-18-61-27-39(54)57-16-59-41(27)69)37(52)93-94(75,97)82-12-25-31(33(81-11-9-79-6)46(88-25)68-17-60-26-38(53)56-15-58-40(26)68)92-95(76,98)83-13-51-21(2)85-34(36(51)72)48(89-51)71-20-63-28-42(71)64-23(4)65-44(28)73/h15-22,24-25,30-37,46-49,72H,7-14H2,1-6H3,(H,75,97)(H,76,98)(H,77,99)(H2,53,56,58)(H2,54,57,59)(H,64,65,73)(H3,55,66,67,74)/t21-,22-,24+,25+,30?,31?,32-,33-,34-,35-,36?,37?,46+,47+,48+,49+,51-,52-,94?,95?,96?/m0/s1. The molecule has 0 aliphatic carbocycles. The molecule has 12 N–H and O–H groups in total. The molecule has 41 nitrogen and oxygen atoms in total. The minimum absolute atomic E-state index is 0.0103. The highest BCUT2D eigenvalue weighted by atomic mass is 32.5. The van der Waals surface area contributed by atoms with E-state index < -0.39 is 160 Å². The first-order valence-corrected chi connectivity index (χ1v) is 38.4. The van der Waals surface area contributed by atoms with Crippen LogP contribution in [0, 0.1) is 6.92 Å². The van der Waals surface area contributed by atoms with Crippen LogP contribution in [0.3, 0.4) is 0 Å². The molecule has 14 heterocycles. The van der Waals surface area contributed by atoms with Crippen molar-refractivity contribution in [3.8, 4) is 0 Å². The van der Waals surface area contributed by atoms with Crippen LogP contribution in [0.4, 0.5) is 17.6 Å². The molecule has 6 fully saturated rings. The van der Waals surface area contributed by atoms with E-state index in [0.717, 1.165) is 0 Å². The van der Waals surface area contributed by atoms with Crippen LogP contribution in [0.5, 0.6) is 0 Å². The Hall–Kier alpha value is -5.65. The maximum absolute atomic E-state index is 12.9. The quantitative estimate of drug-likeness (QED) is 0.0222. The molecule has 14 rings (SSSR count). The molecule has 6 aliphatic heterocycles. The molecular formula is C52H68N19O22P3S3. The molecule has 0 radical (unpaired) electrons. The molecule has 4 bridgehead atoms. The first-order valence-electron chi connectivity index (χ1n) is 30.6. The summed E-state index contributed by atoms with van der Waals surface area (Å²) in [5, 5.41) is 11.9. The average molecular weight is 1500 g/mol. The maximum atomic E-state index is 12.9. The molecule has 536 valence electrons. The third-order valence-electron chi connectivity index (χ3n) is 18.0. The van der Waals surface area contributed by atoms with Gasteiger partial charge in [-0.2, -0.15) is 4.98 Å². The zero-order chi connectivity index (χ0) is 69.8. The number of aliphatic hydroxyl groups is 1. The molecule has 21 atom stereocenters. The number of hydrogen-bond acceptors (Lipinski definition) is 35. The Balaban J connectivity index is 0.746. The van der Waals surface area contributed by atoms with Crippen molar-refractivity contribution >= 4 is 118 Å². The number of rotatable bonds is 28. The van der Waals surface area contributed by atoms with Crippen LogP contribution in [0.2, 0.25) is 0 Å². The van der Waals surface area contributed by atoms with Gasteiger partial charge in [-0.15, -0.1) is 0 Å². The average Bonchev–Trinajstić information content (AvgIpc) is 1.55. The van der Waals surface area contributed by atoms with Crippen LogP contribution < -0.4 is 28.3 Å². The van der Waals surface area contributed by atoms with E-state index in [9.17, 15) is 29.4 Å². The molecule has 8 aromatic rings. The lowest BCUT2D eigenvalue weighted by Gasteiger charge is -2.37. The van der Waals surface area contributed by atoms with E-state index in [0.29, 0.717) is 5.82 Å². The number of nitrogens with one attached hydrogen (secondary N) is 2. The third kappa shape index (κ3) is 12.7. The smallest absolute Gasteiger partial charge is 0.325 e. The summed E-state index contributed by atoms with van der Waals surface area (Å²) in [6, 6.07) is 0. The summed E-state index contributed by atoms with van der Waals surface area (Å²) < 4.78 is 107. The number of aryl methyl sites for hydroxylation is 1. The number of hydrogen-bond donors (Lipinski definition) is 9. The van der Waals surface area contributed by atoms with Gasteiger partial charge in [-0.3, -0.25) is 46.4 Å². The molecule has 47 heteroatoms. The zero-order valence-electron chi connectivity index (χ0n) is 53.1. The van der Waals surface area contributed by atoms with E-state index in [4.69, 9.17) is 127 Å². The van der Waals surface area contributed by atoms with Crippen molar-refractivity contribution in [1.29, 1.82) is 0 Å². The Labute approximate surface area is 573 Å². The molecule has 0 aromatic carbocycles. The number of imidazole rings is 4. The van der Waals surface area contributed by atoms with Gasteiger partial charge in [-0.1, -0.05) is 6.92 Å². The highest BCUT2D eigenvalue weighted by molar-refractivity contribution is 8.07. The topological polar surface area (TPSA) is 521 Å². The fourth-order valence-corrected chi connectivity index (χ4v) is 17.6. The monoisotopic (exact) mass is 1500 g/mol. The number of methoxy groups -OCH3 is 2. The van der Waals surface area contributed by atoms with Gasteiger partial charge in [0.2, 0.25) is 5.95 Å². The molecule has 6 aliphatic rings. The Bertz CT molecular complexity index is 4630. The minimum atomic E-state index is -4.68. The van der Waals surface area contributed by atoms with E-state index in [1.165, 1.54) is 70.5 Å². The van der Waals surface area contributed by atoms with Gasteiger partial charge in [0.1, 0.15) is 95.7 Å². The second-order valence-corrected chi connectivity index (χ2v) is 32.3. The SMILES string of the molecule is CC[C@H]1O[C@@H](n2cnc3c(=O)[nH]c(N)nc32)[C@@H](OCCOC)C1OP(O)(=S)OC[C@]12O[C@@H](n3cnc4c(N)ncnc43)[C@@H](O[C@H]1C)C2OP(O)(=S)OC[C@H]1O[C@@H](n2cnc3c(N)ncnc32)[C@@H](OCCOC)C1OP(O)(=S)OC[C@]12O[C@@H](n3cnc4c(=O)[nH]c(C)nc43)[C@@H](O[C@H]1C)C2O. The summed E-state index contributed by atoms with van der Waals surface area (Å²) in [6.07, 6.45) is -10.7. The molecule has 0 saturated carbocycles. The Kier molecular flexibility index (Phi) is 19.3. The van der Waals surface area contributed by atoms with Crippen molar-refractivity contribution in [3.05, 3.63) is 64.5 Å². The van der Waals surface area contributed by atoms with Gasteiger partial charge in [0.25, 0.3) is 11.1 Å². The fourth-order valence-electron chi connectivity index (χ4n) is 13.3. The van der Waals surface area contributed by atoms with Crippen LogP contribution in [0.1, 0.15) is 57.9 Å². The Morgan fingerprint density at radius 3 is 1.62 bits per heavy atom. The number of fused-ring (bicyclic) bond motifs is 8. The molecule has 7 unspecified atom stereocenters. The minimum Gasteiger partial charge on any atom is -0.387 e. The normalized spacial score (nSPS) is 33.1. The predicted molar refractivity (Wildman–Crippen MR) is 349 cm³/mol. The van der Waals surface area contributed by atoms with E-state index in [1.807, 2.05) is 6.92 Å². The van der Waals surface area contributed by atoms with Gasteiger partial charge in [0.05, 0.1) is 89.9 Å². The van der Waals surface area contributed by atoms with Gasteiger partial charge >= 0.3 is 20.2 Å². The highest BCUT2D eigenvalue weighted by Crippen LogP contribution is 2.61. The zero-order valence-corrected chi connectivity index (χ0v) is 58.2. The number of nitrogens with two attached hydrogens (primary N) is 3. The number of aliphatic hydroxyl groups excluding tert-OH is 1. The molecular weight excluding hydrogens is 1430 g/mol. The van der Waals surface area contributed by atoms with E-state index >= 15 is 0 Å². The van der Waals surface area contributed by atoms with Crippen molar-refractivity contribution in [1.82, 2.24) is 78.1 Å². The Morgan fingerprint density at radius 2 is 1.03 bits per heavy atom. The number of anilines is 3. The number of aromatic nitrogens is 16. The number of H-pyrrole nitrogens is 2. The summed E-state index contributed by atoms with van der Waals surface area (Å²) in [7, 11) is 2.94. The summed E-state index contributed by atoms with van der Waals surface area (Å²) >= 11 is 17.5.